The van der Waals surface area contributed by atoms with Crippen molar-refractivity contribution in [1.82, 2.24) is 0 Å². The summed E-state index contributed by atoms with van der Waals surface area (Å²) in [6, 6.07) is 2.02. The number of hydrogen-bond acceptors (Lipinski definition) is 5. The Morgan fingerprint density at radius 3 is 2.31 bits per heavy atom. The van der Waals surface area contributed by atoms with Crippen molar-refractivity contribution in [2.75, 3.05) is 5.32 Å². The summed E-state index contributed by atoms with van der Waals surface area (Å²) in [7, 11) is 0. The van der Waals surface area contributed by atoms with E-state index in [0.29, 0.717) is 0 Å². The van der Waals surface area contributed by atoms with Crippen molar-refractivity contribution in [2.45, 2.75) is 6.92 Å². The van der Waals surface area contributed by atoms with E-state index in [1.54, 1.807) is 0 Å². The van der Waals surface area contributed by atoms with Crippen LogP contribution in [0, 0.1) is 27.2 Å². The van der Waals surface area contributed by atoms with Crippen molar-refractivity contribution in [1.29, 1.82) is 0 Å². The van der Waals surface area contributed by atoms with Crippen LogP contribution < -0.4 is 5.32 Å². The second-order valence-electron chi connectivity index (χ2n) is 2.94. The average molecular weight is 225 g/mol. The number of anilines is 1. The minimum atomic E-state index is -0.703. The van der Waals surface area contributed by atoms with E-state index in [-0.39, 0.29) is 29.0 Å². The van der Waals surface area contributed by atoms with Crippen LogP contribution in [0.1, 0.15) is 5.56 Å². The van der Waals surface area contributed by atoms with Crippen LogP contribution in [-0.2, 0) is 4.79 Å². The largest absolute Gasteiger partial charge is 0.323 e. The number of rotatable bonds is 4. The van der Waals surface area contributed by atoms with Gasteiger partial charge in [0.2, 0.25) is 6.41 Å². The predicted molar refractivity (Wildman–Crippen MR) is 54.2 cm³/mol. The number of amides is 1. The van der Waals surface area contributed by atoms with Gasteiger partial charge in [0.05, 0.1) is 9.85 Å². The maximum atomic E-state index is 10.7. The van der Waals surface area contributed by atoms with Crippen LogP contribution >= 0.6 is 0 Å². The van der Waals surface area contributed by atoms with Gasteiger partial charge >= 0.3 is 0 Å². The molecule has 0 atom stereocenters. The summed E-state index contributed by atoms with van der Waals surface area (Å²) in [4.78, 5) is 30.0. The van der Waals surface area contributed by atoms with Crippen molar-refractivity contribution in [3.8, 4) is 0 Å². The van der Waals surface area contributed by atoms with Crippen LogP contribution in [0.4, 0.5) is 17.1 Å². The highest BCUT2D eigenvalue weighted by molar-refractivity contribution is 5.80. The Morgan fingerprint density at radius 2 is 1.88 bits per heavy atom. The van der Waals surface area contributed by atoms with Crippen LogP contribution in [-0.4, -0.2) is 16.3 Å². The maximum absolute atomic E-state index is 10.7. The van der Waals surface area contributed by atoms with Gasteiger partial charge < -0.3 is 5.32 Å². The first-order chi connectivity index (χ1) is 7.47. The van der Waals surface area contributed by atoms with Gasteiger partial charge in [-0.05, 0) is 6.92 Å². The van der Waals surface area contributed by atoms with E-state index in [4.69, 9.17) is 0 Å². The van der Waals surface area contributed by atoms with E-state index in [2.05, 4.69) is 5.32 Å². The fraction of sp³-hybridized carbons (Fsp3) is 0.125. The molecule has 0 spiro atoms. The lowest BCUT2D eigenvalue weighted by Crippen LogP contribution is -2.02. The zero-order valence-corrected chi connectivity index (χ0v) is 8.17. The quantitative estimate of drug-likeness (QED) is 0.472. The smallest absolute Gasteiger partial charge is 0.296 e. The monoisotopic (exact) mass is 225 g/mol. The summed E-state index contributed by atoms with van der Waals surface area (Å²) in [5, 5.41) is 23.3. The molecule has 0 aliphatic carbocycles. The van der Waals surface area contributed by atoms with E-state index in [1.807, 2.05) is 0 Å². The van der Waals surface area contributed by atoms with E-state index in [1.165, 1.54) is 6.92 Å². The van der Waals surface area contributed by atoms with Gasteiger partial charge in [0.1, 0.15) is 5.69 Å². The lowest BCUT2D eigenvalue weighted by molar-refractivity contribution is -0.388. The van der Waals surface area contributed by atoms with Gasteiger partial charge in [-0.15, -0.1) is 0 Å². The first kappa shape index (κ1) is 11.6. The molecule has 1 rings (SSSR count). The van der Waals surface area contributed by atoms with Gasteiger partial charge in [0.25, 0.3) is 11.4 Å². The standard InChI is InChI=1S/C8H7N3O5/c1-5-2-6(10(13)14)3-7(9-4-12)8(5)11(15)16/h2-4H,1H3,(H,9,12). The summed E-state index contributed by atoms with van der Waals surface area (Å²) in [6.07, 6.45) is 0.228. The molecule has 0 unspecified atom stereocenters. The lowest BCUT2D eigenvalue weighted by Gasteiger charge is -2.03. The number of aryl methyl sites for hydroxylation is 1. The van der Waals surface area contributed by atoms with Crippen molar-refractivity contribution in [3.63, 3.8) is 0 Å². The number of hydrogen-bond donors (Lipinski definition) is 1. The Hall–Kier alpha value is -2.51. The van der Waals surface area contributed by atoms with E-state index < -0.39 is 9.85 Å². The second-order valence-corrected chi connectivity index (χ2v) is 2.94. The molecule has 0 saturated carbocycles. The molecule has 16 heavy (non-hydrogen) atoms. The second kappa shape index (κ2) is 4.34. The molecule has 0 fully saturated rings. The van der Waals surface area contributed by atoms with Gasteiger partial charge in [-0.3, -0.25) is 25.0 Å². The van der Waals surface area contributed by atoms with Crippen molar-refractivity contribution in [2.24, 2.45) is 0 Å². The zero-order valence-electron chi connectivity index (χ0n) is 8.17. The summed E-state index contributed by atoms with van der Waals surface area (Å²) in [5.74, 6) is 0. The number of nitrogens with one attached hydrogen (secondary N) is 1. The fourth-order valence-electron chi connectivity index (χ4n) is 1.28. The molecule has 0 aliphatic rings. The highest BCUT2D eigenvalue weighted by atomic mass is 16.6. The van der Waals surface area contributed by atoms with Crippen LogP contribution in [0.3, 0.4) is 0 Å². The molecule has 8 heteroatoms. The van der Waals surface area contributed by atoms with E-state index in [0.717, 1.165) is 12.1 Å². The zero-order chi connectivity index (χ0) is 12.3. The first-order valence-electron chi connectivity index (χ1n) is 4.11. The highest BCUT2D eigenvalue weighted by Gasteiger charge is 2.22. The van der Waals surface area contributed by atoms with Gasteiger partial charge in [-0.1, -0.05) is 0 Å². The van der Waals surface area contributed by atoms with Crippen LogP contribution in [0.15, 0.2) is 12.1 Å². The Bertz CT molecular complexity index is 471. The molecular weight excluding hydrogens is 218 g/mol. The number of carbonyl (C=O) groups is 1. The molecule has 0 bridgehead atoms. The molecule has 0 saturated heterocycles. The van der Waals surface area contributed by atoms with E-state index >= 15 is 0 Å². The van der Waals surface area contributed by atoms with Gasteiger partial charge in [0.15, 0.2) is 0 Å². The Morgan fingerprint density at radius 1 is 1.25 bits per heavy atom. The molecule has 1 aromatic rings. The first-order valence-corrected chi connectivity index (χ1v) is 4.11. The predicted octanol–water partition coefficient (Wildman–Crippen LogP) is 1.38. The molecule has 0 heterocycles. The third-order valence-corrected chi connectivity index (χ3v) is 1.89. The normalized spacial score (nSPS) is 9.56. The summed E-state index contributed by atoms with van der Waals surface area (Å²) >= 11 is 0. The highest BCUT2D eigenvalue weighted by Crippen LogP contribution is 2.32. The number of nitrogens with zero attached hydrogens (tertiary/aromatic N) is 2. The molecule has 1 amide bonds. The lowest BCUT2D eigenvalue weighted by atomic mass is 10.1. The van der Waals surface area contributed by atoms with Crippen molar-refractivity contribution < 1.29 is 14.6 Å². The Kier molecular flexibility index (Phi) is 3.14. The molecule has 8 nitrogen and oxygen atoms in total. The van der Waals surface area contributed by atoms with Crippen LogP contribution in [0.2, 0.25) is 0 Å². The SMILES string of the molecule is Cc1cc([N+](=O)[O-])cc(NC=O)c1[N+](=O)[O-]. The van der Waals surface area contributed by atoms with Gasteiger partial charge in [-0.25, -0.2) is 0 Å². The summed E-state index contributed by atoms with van der Waals surface area (Å²) < 4.78 is 0. The number of nitro groups is 2. The molecule has 1 aromatic carbocycles. The Labute approximate surface area is 89.2 Å². The number of carbonyl (C=O) groups excluding carboxylic acids is 1. The average Bonchev–Trinajstić information content (AvgIpc) is 2.16. The minimum absolute atomic E-state index is 0.114. The number of benzene rings is 1. The number of nitro benzene ring substituents is 2. The van der Waals surface area contributed by atoms with Crippen LogP contribution in [0.5, 0.6) is 0 Å². The molecule has 0 aliphatic heterocycles. The minimum Gasteiger partial charge on any atom is -0.323 e. The summed E-state index contributed by atoms with van der Waals surface area (Å²) in [5.41, 5.74) is -0.736. The molecule has 0 radical (unpaired) electrons. The number of non-ortho nitro benzene ring substituents is 1. The maximum Gasteiger partial charge on any atom is 0.296 e. The summed E-state index contributed by atoms with van der Waals surface area (Å²) in [6.45, 7) is 1.36. The third-order valence-electron chi connectivity index (χ3n) is 1.89. The van der Waals surface area contributed by atoms with E-state index in [9.17, 15) is 25.0 Å². The van der Waals surface area contributed by atoms with Gasteiger partial charge in [-0.2, -0.15) is 0 Å². The third kappa shape index (κ3) is 2.11. The van der Waals surface area contributed by atoms with Crippen molar-refractivity contribution >= 4 is 23.5 Å². The molecular formula is C8H7N3O5. The topological polar surface area (TPSA) is 115 Å². The molecule has 0 aromatic heterocycles. The van der Waals surface area contributed by atoms with Crippen molar-refractivity contribution in [3.05, 3.63) is 37.9 Å². The Balaban J connectivity index is 3.44. The molecule has 84 valence electrons. The molecule has 1 N–H and O–H groups in total. The van der Waals surface area contributed by atoms with Crippen LogP contribution in [0.25, 0.3) is 0 Å². The van der Waals surface area contributed by atoms with Gasteiger partial charge in [0, 0.05) is 17.7 Å². The fourth-order valence-corrected chi connectivity index (χ4v) is 1.28.